The van der Waals surface area contributed by atoms with E-state index < -0.39 is 6.85 Å². The molecule has 0 N–H and O–H groups in total. The van der Waals surface area contributed by atoms with Crippen molar-refractivity contribution in [2.45, 2.75) is 20.7 Å². The third-order valence-corrected chi connectivity index (χ3v) is 5.34. The molecule has 0 radical (unpaired) electrons. The Morgan fingerprint density at radius 2 is 1.64 bits per heavy atom. The summed E-state index contributed by atoms with van der Waals surface area (Å²) in [4.78, 5) is 4.34. The summed E-state index contributed by atoms with van der Waals surface area (Å²) in [6, 6.07) is 21.9. The number of aromatic nitrogens is 1. The Morgan fingerprint density at radius 1 is 0.857 bits per heavy atom. The van der Waals surface area contributed by atoms with Crippen LogP contribution in [0.4, 0.5) is 0 Å². The standard InChI is InChI=1S/C26H21NO/c1-16-8-13-23(27-15-16)19-9-11-20(12-10-19)25-17(2)14-22-21-6-4-5-7-24(21)28-26(22)18(25)3/h4-15H,1-3H3/i1D3. The summed E-state index contributed by atoms with van der Waals surface area (Å²) in [6.45, 7) is 2.10. The molecule has 0 saturated carbocycles. The van der Waals surface area contributed by atoms with Crippen LogP contribution in [-0.2, 0) is 0 Å². The predicted octanol–water partition coefficient (Wildman–Crippen LogP) is 7.24. The van der Waals surface area contributed by atoms with Gasteiger partial charge in [0.25, 0.3) is 0 Å². The minimum absolute atomic E-state index is 0.248. The average Bonchev–Trinajstić information content (AvgIpc) is 3.13. The molecule has 0 aliphatic heterocycles. The van der Waals surface area contributed by atoms with Crippen LogP contribution in [-0.4, -0.2) is 4.98 Å². The van der Waals surface area contributed by atoms with Gasteiger partial charge in [0.05, 0.1) is 5.69 Å². The Bertz CT molecular complexity index is 1410. The van der Waals surface area contributed by atoms with E-state index in [4.69, 9.17) is 8.53 Å². The molecule has 0 unspecified atom stereocenters. The SMILES string of the molecule is [2H]C([2H])([2H])c1ccc(-c2ccc(-c3c(C)cc4c(oc5ccccc54)c3C)cc2)nc1. The number of hydrogen-bond donors (Lipinski definition) is 0. The van der Waals surface area contributed by atoms with Crippen molar-refractivity contribution in [3.8, 4) is 22.4 Å². The maximum atomic E-state index is 7.49. The molecule has 28 heavy (non-hydrogen) atoms. The lowest BCUT2D eigenvalue weighted by Gasteiger charge is -2.12. The Labute approximate surface area is 168 Å². The number of fused-ring (bicyclic) bond motifs is 3. The van der Waals surface area contributed by atoms with E-state index in [1.807, 2.05) is 30.3 Å². The predicted molar refractivity (Wildman–Crippen MR) is 117 cm³/mol. The van der Waals surface area contributed by atoms with Gasteiger partial charge in [-0.1, -0.05) is 48.5 Å². The van der Waals surface area contributed by atoms with Crippen molar-refractivity contribution in [1.82, 2.24) is 4.98 Å². The molecule has 0 spiro atoms. The summed E-state index contributed by atoms with van der Waals surface area (Å²) in [5.41, 5.74) is 8.37. The average molecular weight is 366 g/mol. The molecule has 0 saturated heterocycles. The summed E-state index contributed by atoms with van der Waals surface area (Å²) in [5, 5.41) is 2.28. The molecular formula is C26H21NO. The zero-order valence-corrected chi connectivity index (χ0v) is 15.8. The molecule has 3 aromatic carbocycles. The first-order valence-corrected chi connectivity index (χ1v) is 9.32. The van der Waals surface area contributed by atoms with E-state index in [2.05, 4.69) is 43.1 Å². The lowest BCUT2D eigenvalue weighted by atomic mass is 9.92. The number of benzene rings is 3. The molecule has 0 bridgehead atoms. The highest BCUT2D eigenvalue weighted by Gasteiger charge is 2.15. The summed E-state index contributed by atoms with van der Waals surface area (Å²) in [6.07, 6.45) is 1.43. The quantitative estimate of drug-likeness (QED) is 0.329. The fourth-order valence-electron chi connectivity index (χ4n) is 4.00. The lowest BCUT2D eigenvalue weighted by molar-refractivity contribution is 0.666. The minimum Gasteiger partial charge on any atom is -0.456 e. The Kier molecular flexibility index (Phi) is 3.11. The third kappa shape index (κ3) is 2.61. The number of hydrogen-bond acceptors (Lipinski definition) is 2. The van der Waals surface area contributed by atoms with E-state index in [-0.39, 0.29) is 5.56 Å². The first-order chi connectivity index (χ1) is 14.8. The van der Waals surface area contributed by atoms with Crippen LogP contribution in [0.15, 0.2) is 77.3 Å². The highest BCUT2D eigenvalue weighted by molar-refractivity contribution is 6.08. The minimum atomic E-state index is -2.14. The van der Waals surface area contributed by atoms with Gasteiger partial charge in [-0.05, 0) is 61.2 Å². The van der Waals surface area contributed by atoms with Crippen LogP contribution in [0.25, 0.3) is 44.3 Å². The Hall–Kier alpha value is -3.39. The molecule has 0 aliphatic rings. The largest absolute Gasteiger partial charge is 0.456 e. The first kappa shape index (κ1) is 13.7. The number of furan rings is 1. The number of para-hydroxylation sites is 1. The van der Waals surface area contributed by atoms with Gasteiger partial charge >= 0.3 is 0 Å². The maximum Gasteiger partial charge on any atom is 0.138 e. The van der Waals surface area contributed by atoms with Crippen LogP contribution in [0, 0.1) is 20.7 Å². The van der Waals surface area contributed by atoms with Gasteiger partial charge in [0.15, 0.2) is 0 Å². The molecule has 0 atom stereocenters. The second-order valence-electron chi connectivity index (χ2n) is 7.18. The highest BCUT2D eigenvalue weighted by Crippen LogP contribution is 2.38. The smallest absolute Gasteiger partial charge is 0.138 e. The van der Waals surface area contributed by atoms with E-state index >= 15 is 0 Å². The van der Waals surface area contributed by atoms with E-state index in [1.165, 1.54) is 17.3 Å². The van der Waals surface area contributed by atoms with E-state index in [1.54, 1.807) is 12.1 Å². The van der Waals surface area contributed by atoms with Gasteiger partial charge in [-0.2, -0.15) is 0 Å². The molecule has 136 valence electrons. The normalized spacial score (nSPS) is 13.4. The molecule has 0 amide bonds. The molecule has 5 rings (SSSR count). The van der Waals surface area contributed by atoms with Crippen LogP contribution in [0.3, 0.4) is 0 Å². The van der Waals surface area contributed by atoms with Crippen molar-refractivity contribution in [1.29, 1.82) is 0 Å². The third-order valence-electron chi connectivity index (χ3n) is 5.34. The van der Waals surface area contributed by atoms with Crippen LogP contribution in [0.5, 0.6) is 0 Å². The molecule has 2 aromatic heterocycles. The fourth-order valence-corrected chi connectivity index (χ4v) is 4.00. The Balaban J connectivity index is 1.56. The zero-order chi connectivity index (χ0) is 21.8. The van der Waals surface area contributed by atoms with Gasteiger partial charge in [0.1, 0.15) is 11.2 Å². The monoisotopic (exact) mass is 366 g/mol. The molecular weight excluding hydrogens is 342 g/mol. The number of nitrogens with zero attached hydrogens (tertiary/aromatic N) is 1. The van der Waals surface area contributed by atoms with Gasteiger partial charge in [0, 0.05) is 32.2 Å². The first-order valence-electron chi connectivity index (χ1n) is 10.8. The molecule has 2 heteroatoms. The van der Waals surface area contributed by atoms with Crippen LogP contribution in [0.1, 0.15) is 20.8 Å². The molecule has 0 fully saturated rings. The topological polar surface area (TPSA) is 26.0 Å². The van der Waals surface area contributed by atoms with Crippen molar-refractivity contribution in [2.75, 3.05) is 0 Å². The second-order valence-corrected chi connectivity index (χ2v) is 7.18. The van der Waals surface area contributed by atoms with E-state index in [9.17, 15) is 0 Å². The summed E-state index contributed by atoms with van der Waals surface area (Å²) in [5.74, 6) is 0. The molecule has 2 nitrogen and oxygen atoms in total. The second kappa shape index (κ2) is 6.35. The summed E-state index contributed by atoms with van der Waals surface area (Å²) in [7, 11) is 0. The van der Waals surface area contributed by atoms with Gasteiger partial charge in [0.2, 0.25) is 0 Å². The number of rotatable bonds is 2. The van der Waals surface area contributed by atoms with Crippen LogP contribution < -0.4 is 0 Å². The van der Waals surface area contributed by atoms with Gasteiger partial charge in [-0.3, -0.25) is 4.98 Å². The molecule has 5 aromatic rings. The summed E-state index contributed by atoms with van der Waals surface area (Å²) < 4.78 is 28.6. The van der Waals surface area contributed by atoms with Crippen molar-refractivity contribution in [2.24, 2.45) is 0 Å². The zero-order valence-electron chi connectivity index (χ0n) is 18.8. The Morgan fingerprint density at radius 3 is 2.39 bits per heavy atom. The highest BCUT2D eigenvalue weighted by atomic mass is 16.3. The molecule has 2 heterocycles. The van der Waals surface area contributed by atoms with E-state index in [0.29, 0.717) is 0 Å². The van der Waals surface area contributed by atoms with Crippen molar-refractivity contribution in [3.63, 3.8) is 0 Å². The van der Waals surface area contributed by atoms with Crippen LogP contribution in [0.2, 0.25) is 0 Å². The summed E-state index contributed by atoms with van der Waals surface area (Å²) >= 11 is 0. The van der Waals surface area contributed by atoms with Crippen molar-refractivity contribution >= 4 is 21.9 Å². The number of aryl methyl sites for hydroxylation is 3. The molecule has 0 aliphatic carbocycles. The van der Waals surface area contributed by atoms with Crippen molar-refractivity contribution in [3.05, 3.63) is 89.6 Å². The van der Waals surface area contributed by atoms with Gasteiger partial charge in [-0.15, -0.1) is 0 Å². The maximum absolute atomic E-state index is 7.49. The van der Waals surface area contributed by atoms with Crippen molar-refractivity contribution < 1.29 is 8.53 Å². The van der Waals surface area contributed by atoms with E-state index in [0.717, 1.165) is 44.3 Å². The lowest BCUT2D eigenvalue weighted by Crippen LogP contribution is -1.90. The number of pyridine rings is 1. The van der Waals surface area contributed by atoms with Crippen LogP contribution >= 0.6 is 0 Å². The fraction of sp³-hybridized carbons (Fsp3) is 0.115. The van der Waals surface area contributed by atoms with Gasteiger partial charge in [-0.25, -0.2) is 0 Å². The van der Waals surface area contributed by atoms with Gasteiger partial charge < -0.3 is 4.42 Å².